The standard InChI is InChI=1S/2C26H29ClN4O2S.C24H29ClN2O5S2.CH4/c2*1-32-33-34-31-13-8-19(9-14-31)25-23-7-6-22(27)17-21(23)16-20(24-5-2-10-29-26(24)25)4-3-12-30-15-11-28-18-30;1-30-32-33-27-12-9-17(10-13-27)23-21-8-7-20(25)16-19(21)15-18(5-4-14-31-34(2,28)29)22-6-3-11-26-24(22)23;/h2*2,5-7,10-11,15-19,25H,3-4,8-9,12-14H2,1H3;3,6-8,11,15-17,23H,4-5,9-10,12-14H2,1-2H3;1H4. The van der Waals surface area contributed by atoms with Gasteiger partial charge in [0.25, 0.3) is 10.1 Å². The van der Waals surface area contributed by atoms with Gasteiger partial charge in [-0.05, 0) is 216 Å². The van der Waals surface area contributed by atoms with Gasteiger partial charge in [0.05, 0.1) is 63.9 Å². The van der Waals surface area contributed by atoms with Crippen LogP contribution in [-0.4, -0.2) is 129 Å². The summed E-state index contributed by atoms with van der Waals surface area (Å²) in [6.07, 6.45) is 36.7. The van der Waals surface area contributed by atoms with Gasteiger partial charge in [0.1, 0.15) is 36.7 Å². The van der Waals surface area contributed by atoms with E-state index in [9.17, 15) is 8.42 Å². The van der Waals surface area contributed by atoms with Crippen molar-refractivity contribution in [2.24, 2.45) is 17.8 Å². The van der Waals surface area contributed by atoms with Gasteiger partial charge in [-0.15, -0.1) is 13.0 Å². The molecule has 3 saturated heterocycles. The Kier molecular flexibility index (Phi) is 29.4. The van der Waals surface area contributed by atoms with E-state index in [0.717, 1.165) is 155 Å². The lowest BCUT2D eigenvalue weighted by Gasteiger charge is -2.35. The fourth-order valence-corrected chi connectivity index (χ4v) is 17.7. The van der Waals surface area contributed by atoms with Gasteiger partial charge in [0.2, 0.25) is 0 Å². The van der Waals surface area contributed by atoms with Gasteiger partial charge >= 0.3 is 0 Å². The smallest absolute Gasteiger partial charge is 0.264 e. The van der Waals surface area contributed by atoms with Crippen LogP contribution in [0.4, 0.5) is 0 Å². The third-order valence-corrected chi connectivity index (χ3v) is 23.4. The molecule has 548 valence electrons. The molecule has 103 heavy (non-hydrogen) atoms. The highest BCUT2D eigenvalue weighted by atomic mass is 35.5. The molecule has 26 heteroatoms. The lowest BCUT2D eigenvalue weighted by atomic mass is 9.76. The normalized spacial score (nSPS) is 18.7. The van der Waals surface area contributed by atoms with Crippen molar-refractivity contribution in [3.05, 3.63) is 229 Å². The van der Waals surface area contributed by atoms with Crippen molar-refractivity contribution in [3.8, 4) is 0 Å². The van der Waals surface area contributed by atoms with Crippen LogP contribution < -0.4 is 0 Å². The summed E-state index contributed by atoms with van der Waals surface area (Å²) < 4.78 is 53.8. The maximum atomic E-state index is 11.4. The zero-order chi connectivity index (χ0) is 70.8. The Hall–Kier alpha value is -5.78. The first kappa shape index (κ1) is 78.3. The SMILES string of the molecule is C.COOSN1CCC(C2c3ccc(Cl)cc3C=C(CCCOS(C)(=O)=O)c3cccnc32)CC1.COOSN1CCC(C2c3ccc(Cl)cc3C=C(CCCn3ccnc3)c3cccnc32)CC1.COOSN1CCC(C2c3ccc(Cl)cc3C=C(CCCn3ccnc3)c3cccnc32)CC1. The monoisotopic (exact) mass is 1530 g/mol. The van der Waals surface area contributed by atoms with E-state index >= 15 is 0 Å². The zero-order valence-corrected chi connectivity index (χ0v) is 63.3. The van der Waals surface area contributed by atoms with Crippen molar-refractivity contribution in [1.82, 2.24) is 47.0 Å². The van der Waals surface area contributed by atoms with Gasteiger partial charge in [0.15, 0.2) is 0 Å². The van der Waals surface area contributed by atoms with Crippen LogP contribution in [0.1, 0.15) is 169 Å². The first-order valence-electron chi connectivity index (χ1n) is 34.8. The van der Waals surface area contributed by atoms with Crippen molar-refractivity contribution < 1.29 is 40.3 Å². The number of allylic oxidation sites excluding steroid dienone is 3. The number of fused-ring (bicyclic) bond motifs is 6. The third kappa shape index (κ3) is 20.9. The van der Waals surface area contributed by atoms with Crippen LogP contribution in [0, 0.1) is 17.8 Å². The lowest BCUT2D eigenvalue weighted by molar-refractivity contribution is -0.164. The van der Waals surface area contributed by atoms with Crippen molar-refractivity contribution in [2.45, 2.75) is 115 Å². The number of aryl methyl sites for hydroxylation is 2. The van der Waals surface area contributed by atoms with Crippen LogP contribution >= 0.6 is 71.5 Å². The number of imidazole rings is 2. The average Bonchev–Trinajstić information content (AvgIpc) is 1.68. The summed E-state index contributed by atoms with van der Waals surface area (Å²) in [5, 5.41) is 2.23. The highest BCUT2D eigenvalue weighted by Gasteiger charge is 2.38. The summed E-state index contributed by atoms with van der Waals surface area (Å²) in [4.78, 5) is 37.4. The van der Waals surface area contributed by atoms with Crippen LogP contribution in [0.3, 0.4) is 0 Å². The van der Waals surface area contributed by atoms with Gasteiger partial charge < -0.3 is 9.13 Å². The van der Waals surface area contributed by atoms with Crippen LogP contribution in [0.2, 0.25) is 15.1 Å². The predicted octanol–water partition coefficient (Wildman–Crippen LogP) is 18.5. The molecule has 0 bridgehead atoms. The van der Waals surface area contributed by atoms with E-state index in [1.54, 1.807) is 0 Å². The van der Waals surface area contributed by atoms with E-state index in [1.807, 2.05) is 86.4 Å². The number of benzene rings is 3. The molecule has 0 radical (unpaired) electrons. The molecule has 8 aromatic rings. The molecule has 0 N–H and O–H groups in total. The molecule has 19 nitrogen and oxygen atoms in total. The summed E-state index contributed by atoms with van der Waals surface area (Å²) in [6, 6.07) is 31.4. The van der Waals surface area contributed by atoms with Crippen LogP contribution in [0.25, 0.3) is 34.9 Å². The molecule has 3 aromatic carbocycles. The Morgan fingerprint density at radius 1 is 0.466 bits per heavy atom. The van der Waals surface area contributed by atoms with Gasteiger partial charge in [-0.1, -0.05) is 96.9 Å². The number of halogens is 3. The summed E-state index contributed by atoms with van der Waals surface area (Å²) in [6.45, 7) is 7.62. The molecule has 0 saturated carbocycles. The van der Waals surface area contributed by atoms with E-state index in [1.165, 1.54) is 119 Å². The second kappa shape index (κ2) is 38.7. The summed E-state index contributed by atoms with van der Waals surface area (Å²) >= 11 is 23.2. The minimum Gasteiger partial charge on any atom is -0.337 e. The van der Waals surface area contributed by atoms with Crippen LogP contribution in [0.15, 0.2) is 147 Å². The Bertz CT molecular complexity index is 4070. The van der Waals surface area contributed by atoms with E-state index in [2.05, 4.69) is 111 Å². The number of hydrogen-bond acceptors (Lipinski definition) is 20. The Morgan fingerprint density at radius 3 is 1.10 bits per heavy atom. The lowest BCUT2D eigenvalue weighted by Crippen LogP contribution is -2.32. The molecule has 3 fully saturated rings. The maximum Gasteiger partial charge on any atom is 0.264 e. The van der Waals surface area contributed by atoms with Gasteiger partial charge in [-0.2, -0.15) is 8.42 Å². The summed E-state index contributed by atoms with van der Waals surface area (Å²) in [5.74, 6) is 2.01. The largest absolute Gasteiger partial charge is 0.337 e. The molecule has 14 rings (SSSR count). The molecule has 3 aliphatic heterocycles. The van der Waals surface area contributed by atoms with Gasteiger partial charge in [-0.25, -0.2) is 37.5 Å². The number of aromatic nitrogens is 7. The quantitative estimate of drug-likeness (QED) is 0.0131. The minimum atomic E-state index is -3.45. The van der Waals surface area contributed by atoms with Gasteiger partial charge in [0, 0.05) is 129 Å². The second-order valence-electron chi connectivity index (χ2n) is 26.2. The highest BCUT2D eigenvalue weighted by molar-refractivity contribution is 7.92. The molecule has 3 unspecified atom stereocenters. The molecule has 3 aliphatic carbocycles. The van der Waals surface area contributed by atoms with E-state index in [4.69, 9.17) is 81.6 Å². The number of piperidine rings is 3. The number of nitrogens with zero attached hydrogens (tertiary/aromatic N) is 10. The summed E-state index contributed by atoms with van der Waals surface area (Å²) in [5.41, 5.74) is 18.3. The van der Waals surface area contributed by atoms with Crippen LogP contribution in [0.5, 0.6) is 0 Å². The first-order valence-corrected chi connectivity index (χ1v) is 39.8. The molecule has 0 spiro atoms. The number of pyridine rings is 3. The van der Waals surface area contributed by atoms with Crippen molar-refractivity contribution in [2.75, 3.05) is 73.5 Å². The topological polar surface area (TPSA) is 183 Å². The van der Waals surface area contributed by atoms with Crippen molar-refractivity contribution in [3.63, 3.8) is 0 Å². The predicted molar refractivity (Wildman–Crippen MR) is 416 cm³/mol. The van der Waals surface area contributed by atoms with Gasteiger partial charge in [-0.3, -0.25) is 19.1 Å². The molecular weight excluding hydrogens is 1440 g/mol. The highest BCUT2D eigenvalue weighted by Crippen LogP contribution is 2.50. The Labute approximate surface area is 635 Å². The van der Waals surface area contributed by atoms with Crippen molar-refractivity contribution >= 4 is 117 Å². The average molecular weight is 1540 g/mol. The van der Waals surface area contributed by atoms with E-state index in [0.29, 0.717) is 35.6 Å². The molecular formula is C77H91Cl3N10O9S4. The summed E-state index contributed by atoms with van der Waals surface area (Å²) in [7, 11) is 1.13. The third-order valence-electron chi connectivity index (χ3n) is 19.8. The number of rotatable bonds is 25. The Morgan fingerprint density at radius 2 is 0.796 bits per heavy atom. The van der Waals surface area contributed by atoms with Crippen LogP contribution in [-0.2, 0) is 55.1 Å². The fraction of sp³-hybridized carbons (Fsp3) is 0.416. The fourth-order valence-electron chi connectivity index (χ4n) is 15.2. The first-order chi connectivity index (χ1) is 49.8. The molecule has 6 aliphatic rings. The van der Waals surface area contributed by atoms with E-state index < -0.39 is 10.1 Å². The molecule has 3 atom stereocenters. The molecule has 0 amide bonds. The maximum absolute atomic E-state index is 11.4. The minimum absolute atomic E-state index is 0. The molecule has 5 aromatic heterocycles. The zero-order valence-electron chi connectivity index (χ0n) is 57.8. The second-order valence-corrected chi connectivity index (χ2v) is 31.6. The number of hydrogen-bond donors (Lipinski definition) is 0. The Balaban J connectivity index is 0.000000154. The molecule has 8 heterocycles. The van der Waals surface area contributed by atoms with Crippen molar-refractivity contribution in [1.29, 1.82) is 0 Å². The van der Waals surface area contributed by atoms with E-state index in [-0.39, 0.29) is 31.8 Å².